The number of para-hydroxylation sites is 2. The molecule has 0 saturated heterocycles. The third kappa shape index (κ3) is 3.19. The van der Waals surface area contributed by atoms with Gasteiger partial charge < -0.3 is 15.2 Å². The van der Waals surface area contributed by atoms with Crippen molar-refractivity contribution in [2.45, 2.75) is 0 Å². The maximum Gasteiger partial charge on any atom is 0.338 e. The largest absolute Gasteiger partial charge is 0.508 e. The average Bonchev–Trinajstić information content (AvgIpc) is 2.58. The fourth-order valence-electron chi connectivity index (χ4n) is 2.38. The Morgan fingerprint density at radius 2 is 1.96 bits per heavy atom. The number of ether oxygens (including phenoxy) is 1. The van der Waals surface area contributed by atoms with E-state index < -0.39 is 18.5 Å². The van der Waals surface area contributed by atoms with Gasteiger partial charge in [-0.1, -0.05) is 18.2 Å². The standard InChI is InChI=1S/C17H14N2O5/c20-12-5-3-4-11(8-12)17(23)24-10-16(22)19-9-15(21)18-13-6-1-2-7-14(13)19/h1-8,20H,9-10H2,(H,18,21). The summed E-state index contributed by atoms with van der Waals surface area (Å²) in [5.74, 6) is -1.63. The number of esters is 1. The molecule has 3 rings (SSSR count). The molecule has 0 fully saturated rings. The summed E-state index contributed by atoms with van der Waals surface area (Å²) >= 11 is 0. The van der Waals surface area contributed by atoms with Gasteiger partial charge in [0, 0.05) is 0 Å². The molecule has 7 nitrogen and oxygen atoms in total. The summed E-state index contributed by atoms with van der Waals surface area (Å²) in [4.78, 5) is 37.2. The molecule has 0 saturated carbocycles. The molecule has 0 radical (unpaired) electrons. The predicted molar refractivity (Wildman–Crippen MR) is 85.8 cm³/mol. The van der Waals surface area contributed by atoms with E-state index in [1.54, 1.807) is 24.3 Å². The van der Waals surface area contributed by atoms with Crippen molar-refractivity contribution in [3.8, 4) is 5.75 Å². The number of carbonyl (C=O) groups is 3. The van der Waals surface area contributed by atoms with Crippen LogP contribution in [0.5, 0.6) is 5.75 Å². The second kappa shape index (κ2) is 6.41. The van der Waals surface area contributed by atoms with Gasteiger partial charge >= 0.3 is 5.97 Å². The molecule has 122 valence electrons. The average molecular weight is 326 g/mol. The lowest BCUT2D eigenvalue weighted by atomic mass is 10.2. The SMILES string of the molecule is O=C1CN(C(=O)COC(=O)c2cccc(O)c2)c2ccccc2N1. The molecule has 0 atom stereocenters. The van der Waals surface area contributed by atoms with Crippen molar-refractivity contribution >= 4 is 29.2 Å². The first-order chi connectivity index (χ1) is 11.5. The van der Waals surface area contributed by atoms with Gasteiger partial charge in [-0.05, 0) is 30.3 Å². The number of amides is 2. The normalized spacial score (nSPS) is 13.0. The lowest BCUT2D eigenvalue weighted by molar-refractivity contribution is -0.124. The minimum Gasteiger partial charge on any atom is -0.508 e. The highest BCUT2D eigenvalue weighted by atomic mass is 16.5. The lowest BCUT2D eigenvalue weighted by Crippen LogP contribution is -2.44. The van der Waals surface area contributed by atoms with Gasteiger partial charge in [0.2, 0.25) is 5.91 Å². The second-order valence-corrected chi connectivity index (χ2v) is 5.17. The number of hydrogen-bond donors (Lipinski definition) is 2. The van der Waals surface area contributed by atoms with Crippen molar-refractivity contribution < 1.29 is 24.2 Å². The first kappa shape index (κ1) is 15.5. The maximum absolute atomic E-state index is 12.3. The molecule has 7 heteroatoms. The Balaban J connectivity index is 1.69. The summed E-state index contributed by atoms with van der Waals surface area (Å²) in [5.41, 5.74) is 1.22. The zero-order chi connectivity index (χ0) is 17.1. The first-order valence-corrected chi connectivity index (χ1v) is 7.20. The van der Waals surface area contributed by atoms with E-state index >= 15 is 0 Å². The van der Waals surface area contributed by atoms with E-state index in [2.05, 4.69) is 5.32 Å². The fraction of sp³-hybridized carbons (Fsp3) is 0.118. The summed E-state index contributed by atoms with van der Waals surface area (Å²) in [6, 6.07) is 12.5. The summed E-state index contributed by atoms with van der Waals surface area (Å²) in [6.07, 6.45) is 0. The number of phenolic OH excluding ortho intramolecular Hbond substituents is 1. The quantitative estimate of drug-likeness (QED) is 0.834. The van der Waals surface area contributed by atoms with Gasteiger partial charge in [0.05, 0.1) is 16.9 Å². The molecular weight excluding hydrogens is 312 g/mol. The van der Waals surface area contributed by atoms with Crippen LogP contribution >= 0.6 is 0 Å². The highest BCUT2D eigenvalue weighted by Gasteiger charge is 2.27. The van der Waals surface area contributed by atoms with Gasteiger partial charge in [0.25, 0.3) is 5.91 Å². The van der Waals surface area contributed by atoms with Crippen molar-refractivity contribution in [1.29, 1.82) is 0 Å². The number of phenols is 1. The molecule has 2 amide bonds. The van der Waals surface area contributed by atoms with Gasteiger partial charge in [0.1, 0.15) is 12.3 Å². The van der Waals surface area contributed by atoms with Crippen LogP contribution in [0, 0.1) is 0 Å². The van der Waals surface area contributed by atoms with Crippen LogP contribution < -0.4 is 10.2 Å². The molecule has 0 aromatic heterocycles. The zero-order valence-electron chi connectivity index (χ0n) is 12.6. The number of anilines is 2. The fourth-order valence-corrected chi connectivity index (χ4v) is 2.38. The van der Waals surface area contributed by atoms with E-state index in [1.807, 2.05) is 0 Å². The molecular formula is C17H14N2O5. The van der Waals surface area contributed by atoms with E-state index in [4.69, 9.17) is 4.74 Å². The van der Waals surface area contributed by atoms with E-state index in [-0.39, 0.29) is 23.8 Å². The van der Waals surface area contributed by atoms with Crippen LogP contribution in [0.2, 0.25) is 0 Å². The van der Waals surface area contributed by atoms with E-state index in [1.165, 1.54) is 29.2 Å². The molecule has 1 aliphatic rings. The molecule has 1 heterocycles. The minimum absolute atomic E-state index is 0.0718. The highest BCUT2D eigenvalue weighted by molar-refractivity contribution is 6.10. The monoisotopic (exact) mass is 326 g/mol. The van der Waals surface area contributed by atoms with Crippen molar-refractivity contribution in [3.05, 3.63) is 54.1 Å². The number of aromatic hydroxyl groups is 1. The third-order valence-electron chi connectivity index (χ3n) is 3.48. The molecule has 0 aliphatic carbocycles. The first-order valence-electron chi connectivity index (χ1n) is 7.20. The molecule has 1 aliphatic heterocycles. The van der Waals surface area contributed by atoms with Crippen LogP contribution in [-0.2, 0) is 14.3 Å². The third-order valence-corrected chi connectivity index (χ3v) is 3.48. The number of hydrogen-bond acceptors (Lipinski definition) is 5. The summed E-state index contributed by atoms with van der Waals surface area (Å²) in [7, 11) is 0. The van der Waals surface area contributed by atoms with E-state index in [0.717, 1.165) is 0 Å². The number of nitrogens with zero attached hydrogens (tertiary/aromatic N) is 1. The maximum atomic E-state index is 12.3. The molecule has 0 unspecified atom stereocenters. The Bertz CT molecular complexity index is 818. The van der Waals surface area contributed by atoms with E-state index in [0.29, 0.717) is 11.4 Å². The van der Waals surface area contributed by atoms with Crippen LogP contribution in [0.25, 0.3) is 0 Å². The second-order valence-electron chi connectivity index (χ2n) is 5.17. The van der Waals surface area contributed by atoms with Crippen molar-refractivity contribution in [2.24, 2.45) is 0 Å². The van der Waals surface area contributed by atoms with Crippen molar-refractivity contribution in [2.75, 3.05) is 23.4 Å². The zero-order valence-corrected chi connectivity index (χ0v) is 12.6. The Morgan fingerprint density at radius 1 is 1.17 bits per heavy atom. The molecule has 2 aromatic carbocycles. The Hall–Kier alpha value is -3.35. The molecule has 24 heavy (non-hydrogen) atoms. The Labute approximate surface area is 137 Å². The van der Waals surface area contributed by atoms with Crippen LogP contribution in [0.4, 0.5) is 11.4 Å². The molecule has 0 spiro atoms. The topological polar surface area (TPSA) is 95.9 Å². The number of nitrogens with one attached hydrogen (secondary N) is 1. The summed E-state index contributed by atoms with van der Waals surface area (Å²) in [6.45, 7) is -0.643. The van der Waals surface area contributed by atoms with Crippen molar-refractivity contribution in [1.82, 2.24) is 0 Å². The summed E-state index contributed by atoms with van der Waals surface area (Å²) < 4.78 is 4.98. The predicted octanol–water partition coefficient (Wildman–Crippen LogP) is 1.53. The van der Waals surface area contributed by atoms with Gasteiger partial charge in [-0.2, -0.15) is 0 Å². The summed E-state index contributed by atoms with van der Waals surface area (Å²) in [5, 5.41) is 12.0. The van der Waals surface area contributed by atoms with Crippen LogP contribution in [0.15, 0.2) is 48.5 Å². The number of carbonyl (C=O) groups excluding carboxylic acids is 3. The molecule has 0 bridgehead atoms. The van der Waals surface area contributed by atoms with Gasteiger partial charge in [0.15, 0.2) is 6.61 Å². The molecule has 2 N–H and O–H groups in total. The Kier molecular flexibility index (Phi) is 4.15. The van der Waals surface area contributed by atoms with Crippen molar-refractivity contribution in [3.63, 3.8) is 0 Å². The van der Waals surface area contributed by atoms with Crippen LogP contribution in [-0.4, -0.2) is 36.0 Å². The lowest BCUT2D eigenvalue weighted by Gasteiger charge is -2.28. The number of benzene rings is 2. The van der Waals surface area contributed by atoms with Crippen LogP contribution in [0.1, 0.15) is 10.4 Å². The minimum atomic E-state index is -0.728. The number of fused-ring (bicyclic) bond motifs is 1. The smallest absolute Gasteiger partial charge is 0.338 e. The van der Waals surface area contributed by atoms with Gasteiger partial charge in [-0.25, -0.2) is 4.79 Å². The van der Waals surface area contributed by atoms with Gasteiger partial charge in [-0.3, -0.25) is 14.5 Å². The van der Waals surface area contributed by atoms with Crippen LogP contribution in [0.3, 0.4) is 0 Å². The van der Waals surface area contributed by atoms with Gasteiger partial charge in [-0.15, -0.1) is 0 Å². The van der Waals surface area contributed by atoms with E-state index in [9.17, 15) is 19.5 Å². The highest BCUT2D eigenvalue weighted by Crippen LogP contribution is 2.28. The molecule has 2 aromatic rings. The Morgan fingerprint density at radius 3 is 2.75 bits per heavy atom. The number of rotatable bonds is 3.